The van der Waals surface area contributed by atoms with Crippen LogP contribution in [-0.4, -0.2) is 33.2 Å². The molecule has 2 atom stereocenters. The number of likely N-dealkylation sites (tertiary alicyclic amines) is 1. The molecule has 1 saturated heterocycles. The highest BCUT2D eigenvalue weighted by Crippen LogP contribution is 2.25. The van der Waals surface area contributed by atoms with Crippen LogP contribution in [0.1, 0.15) is 37.9 Å². The van der Waals surface area contributed by atoms with Gasteiger partial charge in [0, 0.05) is 13.0 Å². The summed E-state index contributed by atoms with van der Waals surface area (Å²) >= 11 is 0. The largest absolute Gasteiger partial charge is 0.467 e. The van der Waals surface area contributed by atoms with Gasteiger partial charge in [-0.1, -0.05) is 26.0 Å². The van der Waals surface area contributed by atoms with Crippen molar-refractivity contribution in [2.75, 3.05) is 6.54 Å². The maximum atomic E-state index is 12.9. The standard InChI is InChI=1S/C21H24N4O3/c1-13(2)19(20-22-16-7-3-4-8-17(16)23-20)24-21(27)14-10-18(26)25(11-14)12-15-6-5-9-28-15/h3-9,13-14,19H,10-12H2,1-2H3,(H,22,23)(H,24,27)/t14-,19-/m0/s1. The van der Waals surface area contributed by atoms with E-state index in [1.165, 1.54) is 0 Å². The number of carbonyl (C=O) groups excluding carboxylic acids is 2. The van der Waals surface area contributed by atoms with Crippen molar-refractivity contribution in [3.63, 3.8) is 0 Å². The minimum atomic E-state index is -0.368. The van der Waals surface area contributed by atoms with Crippen LogP contribution in [0.25, 0.3) is 11.0 Å². The molecule has 0 spiro atoms. The summed E-state index contributed by atoms with van der Waals surface area (Å²) in [4.78, 5) is 34.8. The highest BCUT2D eigenvalue weighted by Gasteiger charge is 2.36. The molecule has 1 fully saturated rings. The van der Waals surface area contributed by atoms with Gasteiger partial charge in [0.15, 0.2) is 0 Å². The van der Waals surface area contributed by atoms with E-state index in [1.807, 2.05) is 44.2 Å². The van der Waals surface area contributed by atoms with Crippen molar-refractivity contribution in [2.45, 2.75) is 32.9 Å². The third-order valence-electron chi connectivity index (χ3n) is 5.18. The fraction of sp³-hybridized carbons (Fsp3) is 0.381. The normalized spacial score (nSPS) is 18.2. The molecule has 0 aliphatic carbocycles. The molecular formula is C21H24N4O3. The van der Waals surface area contributed by atoms with E-state index in [1.54, 1.807) is 17.2 Å². The number of furan rings is 1. The molecule has 2 aromatic heterocycles. The lowest BCUT2D eigenvalue weighted by Crippen LogP contribution is -2.37. The van der Waals surface area contributed by atoms with E-state index in [2.05, 4.69) is 15.3 Å². The van der Waals surface area contributed by atoms with E-state index >= 15 is 0 Å². The molecule has 0 saturated carbocycles. The monoisotopic (exact) mass is 380 g/mol. The molecule has 3 heterocycles. The molecule has 0 unspecified atom stereocenters. The second-order valence-corrected chi connectivity index (χ2v) is 7.62. The van der Waals surface area contributed by atoms with Gasteiger partial charge < -0.3 is 19.6 Å². The highest BCUT2D eigenvalue weighted by molar-refractivity contribution is 5.89. The first-order valence-electron chi connectivity index (χ1n) is 9.56. The zero-order valence-electron chi connectivity index (χ0n) is 16.0. The summed E-state index contributed by atoms with van der Waals surface area (Å²) in [5.41, 5.74) is 1.82. The van der Waals surface area contributed by atoms with E-state index in [9.17, 15) is 9.59 Å². The topological polar surface area (TPSA) is 91.2 Å². The fourth-order valence-corrected chi connectivity index (χ4v) is 3.63. The summed E-state index contributed by atoms with van der Waals surface area (Å²) < 4.78 is 5.32. The molecule has 2 amide bonds. The Hall–Kier alpha value is -3.09. The van der Waals surface area contributed by atoms with Crippen LogP contribution in [0, 0.1) is 11.8 Å². The van der Waals surface area contributed by atoms with E-state index in [-0.39, 0.29) is 36.1 Å². The third kappa shape index (κ3) is 3.65. The molecular weight excluding hydrogens is 356 g/mol. The number of amides is 2. The number of hydrogen-bond acceptors (Lipinski definition) is 4. The number of aromatic nitrogens is 2. The van der Waals surface area contributed by atoms with Gasteiger partial charge in [-0.15, -0.1) is 0 Å². The Morgan fingerprint density at radius 3 is 2.86 bits per heavy atom. The first-order chi connectivity index (χ1) is 13.5. The van der Waals surface area contributed by atoms with E-state index in [0.717, 1.165) is 22.6 Å². The van der Waals surface area contributed by atoms with Gasteiger partial charge >= 0.3 is 0 Å². The minimum Gasteiger partial charge on any atom is -0.467 e. The van der Waals surface area contributed by atoms with Crippen molar-refractivity contribution in [1.29, 1.82) is 0 Å². The number of para-hydroxylation sites is 2. The van der Waals surface area contributed by atoms with Gasteiger partial charge in [-0.3, -0.25) is 9.59 Å². The Labute approximate surface area is 163 Å². The van der Waals surface area contributed by atoms with Crippen molar-refractivity contribution < 1.29 is 14.0 Å². The maximum Gasteiger partial charge on any atom is 0.226 e. The number of carbonyl (C=O) groups is 2. The van der Waals surface area contributed by atoms with Gasteiger partial charge in [0.2, 0.25) is 11.8 Å². The smallest absolute Gasteiger partial charge is 0.226 e. The average Bonchev–Trinajstić information content (AvgIpc) is 3.40. The van der Waals surface area contributed by atoms with Crippen LogP contribution in [0.4, 0.5) is 0 Å². The molecule has 7 nitrogen and oxygen atoms in total. The molecule has 2 N–H and O–H groups in total. The second-order valence-electron chi connectivity index (χ2n) is 7.62. The number of fused-ring (bicyclic) bond motifs is 1. The molecule has 4 rings (SSSR count). The summed E-state index contributed by atoms with van der Waals surface area (Å²) in [6, 6.07) is 11.2. The maximum absolute atomic E-state index is 12.9. The van der Waals surface area contributed by atoms with Gasteiger partial charge in [-0.05, 0) is 30.2 Å². The van der Waals surface area contributed by atoms with Crippen molar-refractivity contribution >= 4 is 22.8 Å². The molecule has 0 radical (unpaired) electrons. The summed E-state index contributed by atoms with van der Waals surface area (Å²) in [7, 11) is 0. The molecule has 0 bridgehead atoms. The first-order valence-corrected chi connectivity index (χ1v) is 9.56. The Bertz CT molecular complexity index is 944. The van der Waals surface area contributed by atoms with E-state index < -0.39 is 0 Å². The molecule has 1 aliphatic rings. The fourth-order valence-electron chi connectivity index (χ4n) is 3.63. The summed E-state index contributed by atoms with van der Waals surface area (Å²) in [5, 5.41) is 3.10. The Morgan fingerprint density at radius 2 is 2.14 bits per heavy atom. The van der Waals surface area contributed by atoms with Crippen LogP contribution in [0.3, 0.4) is 0 Å². The van der Waals surface area contributed by atoms with Crippen molar-refractivity contribution in [3.05, 3.63) is 54.2 Å². The Balaban J connectivity index is 1.45. The predicted molar refractivity (Wildman–Crippen MR) is 104 cm³/mol. The van der Waals surface area contributed by atoms with Crippen LogP contribution >= 0.6 is 0 Å². The zero-order chi connectivity index (χ0) is 19.7. The molecule has 3 aromatic rings. The van der Waals surface area contributed by atoms with Crippen molar-refractivity contribution in [3.8, 4) is 0 Å². The number of nitrogens with zero attached hydrogens (tertiary/aromatic N) is 2. The number of imidazole rings is 1. The number of nitrogens with one attached hydrogen (secondary N) is 2. The number of H-pyrrole nitrogens is 1. The minimum absolute atomic E-state index is 0.0265. The molecule has 1 aromatic carbocycles. The predicted octanol–water partition coefficient (Wildman–Crippen LogP) is 3.02. The van der Waals surface area contributed by atoms with Crippen molar-refractivity contribution in [2.24, 2.45) is 11.8 Å². The van der Waals surface area contributed by atoms with Crippen LogP contribution in [0.5, 0.6) is 0 Å². The van der Waals surface area contributed by atoms with E-state index in [4.69, 9.17) is 4.42 Å². The first kappa shape index (κ1) is 18.3. The number of aromatic amines is 1. The quantitative estimate of drug-likeness (QED) is 0.688. The van der Waals surface area contributed by atoms with Crippen LogP contribution in [-0.2, 0) is 16.1 Å². The third-order valence-corrected chi connectivity index (χ3v) is 5.18. The van der Waals surface area contributed by atoms with Gasteiger partial charge in [-0.2, -0.15) is 0 Å². The highest BCUT2D eigenvalue weighted by atomic mass is 16.3. The average molecular weight is 380 g/mol. The van der Waals surface area contributed by atoms with Crippen LogP contribution in [0.2, 0.25) is 0 Å². The molecule has 28 heavy (non-hydrogen) atoms. The lowest BCUT2D eigenvalue weighted by molar-refractivity contribution is -0.129. The summed E-state index contributed by atoms with van der Waals surface area (Å²) in [6.07, 6.45) is 1.80. The summed E-state index contributed by atoms with van der Waals surface area (Å²) in [5.74, 6) is 1.10. The SMILES string of the molecule is CC(C)[C@H](NC(=O)[C@H]1CC(=O)N(Cc2ccco2)C1)c1nc2ccccc2[nH]1. The number of rotatable bonds is 6. The van der Waals surface area contributed by atoms with Gasteiger partial charge in [0.25, 0.3) is 0 Å². The van der Waals surface area contributed by atoms with Gasteiger partial charge in [0.1, 0.15) is 11.6 Å². The lowest BCUT2D eigenvalue weighted by atomic mass is 10.0. The summed E-state index contributed by atoms with van der Waals surface area (Å²) in [6.45, 7) is 4.88. The number of benzene rings is 1. The Morgan fingerprint density at radius 1 is 1.32 bits per heavy atom. The van der Waals surface area contributed by atoms with E-state index in [0.29, 0.717) is 13.1 Å². The van der Waals surface area contributed by atoms with Gasteiger partial charge in [-0.25, -0.2) is 4.98 Å². The molecule has 1 aliphatic heterocycles. The second kappa shape index (κ2) is 7.50. The van der Waals surface area contributed by atoms with Crippen molar-refractivity contribution in [1.82, 2.24) is 20.2 Å². The lowest BCUT2D eigenvalue weighted by Gasteiger charge is -2.22. The number of hydrogen-bond donors (Lipinski definition) is 2. The zero-order valence-corrected chi connectivity index (χ0v) is 16.0. The Kier molecular flexibility index (Phi) is 4.90. The van der Waals surface area contributed by atoms with Crippen LogP contribution < -0.4 is 5.32 Å². The molecule has 7 heteroatoms. The molecule has 146 valence electrons. The van der Waals surface area contributed by atoms with Gasteiger partial charge in [0.05, 0.1) is 35.8 Å². The van der Waals surface area contributed by atoms with Crippen LogP contribution in [0.15, 0.2) is 47.1 Å².